The first-order chi connectivity index (χ1) is 11.2. The molecule has 2 atom stereocenters. The molecular formula is C18H28N2O2S. The van der Waals surface area contributed by atoms with E-state index in [1.54, 1.807) is 26.0 Å². The second kappa shape index (κ2) is 7.32. The number of hydrogen-bond donors (Lipinski definition) is 0. The van der Waals surface area contributed by atoms with Crippen molar-refractivity contribution in [3.8, 4) is 11.5 Å². The first-order valence-corrected chi connectivity index (χ1v) is 9.62. The van der Waals surface area contributed by atoms with Gasteiger partial charge in [0, 0.05) is 36.6 Å². The van der Waals surface area contributed by atoms with E-state index in [0.29, 0.717) is 0 Å². The summed E-state index contributed by atoms with van der Waals surface area (Å²) in [4.78, 5) is 6.50. The van der Waals surface area contributed by atoms with Crippen LogP contribution in [0.5, 0.6) is 11.5 Å². The van der Waals surface area contributed by atoms with Crippen LogP contribution in [0, 0.1) is 0 Å². The molecule has 2 fully saturated rings. The SMILES string of the molecule is COc1cc(CN2CCC3CCC(C2)N3C)c(SC)cc1OC. The average Bonchev–Trinajstić information content (AvgIpc) is 2.82. The van der Waals surface area contributed by atoms with Crippen LogP contribution in [0.4, 0.5) is 0 Å². The second-order valence-electron chi connectivity index (χ2n) is 6.59. The van der Waals surface area contributed by atoms with Gasteiger partial charge in [-0.3, -0.25) is 9.80 Å². The van der Waals surface area contributed by atoms with Gasteiger partial charge in [0.05, 0.1) is 14.2 Å². The van der Waals surface area contributed by atoms with E-state index in [1.807, 2.05) is 0 Å². The molecule has 2 heterocycles. The van der Waals surface area contributed by atoms with Crippen LogP contribution < -0.4 is 9.47 Å². The molecule has 2 bridgehead atoms. The number of likely N-dealkylation sites (tertiary alicyclic amines) is 1. The third-order valence-corrected chi connectivity index (χ3v) is 6.23. The van der Waals surface area contributed by atoms with Crippen LogP contribution in [0.25, 0.3) is 0 Å². The Hall–Kier alpha value is -0.910. The minimum atomic E-state index is 0.723. The molecule has 2 aliphatic rings. The Morgan fingerprint density at radius 1 is 1.09 bits per heavy atom. The summed E-state index contributed by atoms with van der Waals surface area (Å²) in [6.07, 6.45) is 6.14. The van der Waals surface area contributed by atoms with Crippen molar-refractivity contribution in [1.29, 1.82) is 0 Å². The van der Waals surface area contributed by atoms with Crippen LogP contribution in [0.1, 0.15) is 24.8 Å². The van der Waals surface area contributed by atoms with Crippen molar-refractivity contribution >= 4 is 11.8 Å². The predicted octanol–water partition coefficient (Wildman–Crippen LogP) is 3.09. The fourth-order valence-electron chi connectivity index (χ4n) is 3.98. The zero-order valence-electron chi connectivity index (χ0n) is 14.7. The van der Waals surface area contributed by atoms with E-state index >= 15 is 0 Å². The molecule has 2 saturated heterocycles. The Bertz CT molecular complexity index is 552. The summed E-state index contributed by atoms with van der Waals surface area (Å²) in [6.45, 7) is 3.36. The number of thioether (sulfide) groups is 1. The van der Waals surface area contributed by atoms with Crippen LogP contribution in [0.15, 0.2) is 17.0 Å². The molecule has 128 valence electrons. The van der Waals surface area contributed by atoms with Crippen LogP contribution in [-0.2, 0) is 6.54 Å². The standard InChI is InChI=1S/C18H28N2O2S/c1-19-14-5-6-15(19)12-20(8-7-14)11-13-9-16(21-2)17(22-3)10-18(13)23-4/h9-10,14-15H,5-8,11-12H2,1-4H3. The van der Waals surface area contributed by atoms with Crippen molar-refractivity contribution in [3.05, 3.63) is 17.7 Å². The Labute approximate surface area is 144 Å². The molecule has 0 N–H and O–H groups in total. The minimum absolute atomic E-state index is 0.723. The first-order valence-electron chi connectivity index (χ1n) is 8.39. The van der Waals surface area contributed by atoms with Gasteiger partial charge in [0.1, 0.15) is 0 Å². The Morgan fingerprint density at radius 3 is 2.48 bits per heavy atom. The summed E-state index contributed by atoms with van der Waals surface area (Å²) in [7, 11) is 5.71. The van der Waals surface area contributed by atoms with E-state index in [2.05, 4.69) is 35.2 Å². The molecule has 0 saturated carbocycles. The molecule has 0 aliphatic carbocycles. The molecule has 0 spiro atoms. The lowest BCUT2D eigenvalue weighted by atomic mass is 10.1. The summed E-state index contributed by atoms with van der Waals surface area (Å²) < 4.78 is 10.9. The molecule has 5 heteroatoms. The maximum atomic E-state index is 5.50. The highest BCUT2D eigenvalue weighted by Crippen LogP contribution is 2.36. The van der Waals surface area contributed by atoms with Gasteiger partial charge in [0.25, 0.3) is 0 Å². The Morgan fingerprint density at radius 2 is 1.78 bits per heavy atom. The van der Waals surface area contributed by atoms with Gasteiger partial charge in [-0.25, -0.2) is 0 Å². The molecule has 4 nitrogen and oxygen atoms in total. The number of fused-ring (bicyclic) bond motifs is 2. The number of nitrogens with zero attached hydrogens (tertiary/aromatic N) is 2. The van der Waals surface area contributed by atoms with E-state index in [9.17, 15) is 0 Å². The van der Waals surface area contributed by atoms with Gasteiger partial charge < -0.3 is 9.47 Å². The predicted molar refractivity (Wildman–Crippen MR) is 95.8 cm³/mol. The number of methoxy groups -OCH3 is 2. The average molecular weight is 337 g/mol. The molecule has 0 aromatic heterocycles. The van der Waals surface area contributed by atoms with E-state index in [1.165, 1.54) is 42.8 Å². The van der Waals surface area contributed by atoms with Crippen molar-refractivity contribution in [2.75, 3.05) is 40.6 Å². The lowest BCUT2D eigenvalue weighted by molar-refractivity contribution is 0.213. The maximum Gasteiger partial charge on any atom is 0.161 e. The highest BCUT2D eigenvalue weighted by atomic mass is 32.2. The van der Waals surface area contributed by atoms with Gasteiger partial charge in [-0.15, -0.1) is 11.8 Å². The molecule has 0 radical (unpaired) electrons. The van der Waals surface area contributed by atoms with Gasteiger partial charge in [-0.2, -0.15) is 0 Å². The summed E-state index contributed by atoms with van der Waals surface area (Å²) >= 11 is 1.78. The van der Waals surface area contributed by atoms with Crippen LogP contribution >= 0.6 is 11.8 Å². The fraction of sp³-hybridized carbons (Fsp3) is 0.667. The largest absolute Gasteiger partial charge is 0.493 e. The molecule has 2 unspecified atom stereocenters. The lowest BCUT2D eigenvalue weighted by Crippen LogP contribution is -2.36. The number of hydrogen-bond acceptors (Lipinski definition) is 5. The highest BCUT2D eigenvalue weighted by molar-refractivity contribution is 7.98. The van der Waals surface area contributed by atoms with E-state index in [-0.39, 0.29) is 0 Å². The zero-order valence-corrected chi connectivity index (χ0v) is 15.5. The van der Waals surface area contributed by atoms with Gasteiger partial charge in [-0.1, -0.05) is 0 Å². The Balaban J connectivity index is 1.79. The quantitative estimate of drug-likeness (QED) is 0.770. The number of rotatable bonds is 5. The third-order valence-electron chi connectivity index (χ3n) is 5.41. The highest BCUT2D eigenvalue weighted by Gasteiger charge is 2.34. The Kier molecular flexibility index (Phi) is 5.39. The summed E-state index contributed by atoms with van der Waals surface area (Å²) in [6, 6.07) is 5.77. The lowest BCUT2D eigenvalue weighted by Gasteiger charge is -2.26. The maximum absolute atomic E-state index is 5.50. The van der Waals surface area contributed by atoms with Crippen molar-refractivity contribution in [1.82, 2.24) is 9.80 Å². The molecule has 1 aromatic rings. The minimum Gasteiger partial charge on any atom is -0.493 e. The topological polar surface area (TPSA) is 24.9 Å². The number of ether oxygens (including phenoxy) is 2. The van der Waals surface area contributed by atoms with Gasteiger partial charge in [-0.05, 0) is 50.3 Å². The van der Waals surface area contributed by atoms with E-state index in [0.717, 1.165) is 30.1 Å². The summed E-state index contributed by atoms with van der Waals surface area (Å²) in [5.74, 6) is 1.64. The second-order valence-corrected chi connectivity index (χ2v) is 7.44. The molecular weight excluding hydrogens is 308 g/mol. The molecule has 3 rings (SSSR count). The summed E-state index contributed by atoms with van der Waals surface area (Å²) in [5.41, 5.74) is 1.34. The van der Waals surface area contributed by atoms with Gasteiger partial charge in [0.15, 0.2) is 11.5 Å². The van der Waals surface area contributed by atoms with Crippen molar-refractivity contribution in [2.24, 2.45) is 0 Å². The third kappa shape index (κ3) is 3.47. The molecule has 1 aromatic carbocycles. The van der Waals surface area contributed by atoms with Gasteiger partial charge >= 0.3 is 0 Å². The summed E-state index contributed by atoms with van der Waals surface area (Å²) in [5, 5.41) is 0. The molecule has 23 heavy (non-hydrogen) atoms. The van der Waals surface area contributed by atoms with Crippen LogP contribution in [0.3, 0.4) is 0 Å². The number of likely N-dealkylation sites (N-methyl/N-ethyl adjacent to an activating group) is 1. The van der Waals surface area contributed by atoms with Crippen molar-refractivity contribution in [3.63, 3.8) is 0 Å². The molecule has 2 aliphatic heterocycles. The molecule has 0 amide bonds. The van der Waals surface area contributed by atoms with E-state index < -0.39 is 0 Å². The van der Waals surface area contributed by atoms with Crippen molar-refractivity contribution < 1.29 is 9.47 Å². The number of benzene rings is 1. The zero-order chi connectivity index (χ0) is 16.4. The first kappa shape index (κ1) is 16.9. The van der Waals surface area contributed by atoms with Crippen LogP contribution in [0.2, 0.25) is 0 Å². The smallest absolute Gasteiger partial charge is 0.161 e. The normalized spacial score (nSPS) is 25.4. The fourth-order valence-corrected chi connectivity index (χ4v) is 4.59. The monoisotopic (exact) mass is 336 g/mol. The van der Waals surface area contributed by atoms with Gasteiger partial charge in [0.2, 0.25) is 0 Å². The van der Waals surface area contributed by atoms with Crippen LogP contribution in [-0.4, -0.2) is 62.5 Å². The van der Waals surface area contributed by atoms with E-state index in [4.69, 9.17) is 9.47 Å². The van der Waals surface area contributed by atoms with Crippen molar-refractivity contribution in [2.45, 2.75) is 42.8 Å².